The highest BCUT2D eigenvalue weighted by atomic mass is 16.6. The molecule has 0 atom stereocenters. The van der Waals surface area contributed by atoms with Crippen molar-refractivity contribution >= 4 is 5.91 Å². The first-order valence-corrected chi connectivity index (χ1v) is 8.05. The maximum Gasteiger partial charge on any atom is 0.257 e. The minimum absolute atomic E-state index is 0.0751. The number of benzene rings is 2. The maximum atomic E-state index is 12.7. The van der Waals surface area contributed by atoms with Crippen molar-refractivity contribution < 1.29 is 19.0 Å². The van der Waals surface area contributed by atoms with Crippen molar-refractivity contribution in [3.05, 3.63) is 53.6 Å². The van der Waals surface area contributed by atoms with Crippen LogP contribution < -0.4 is 14.2 Å². The summed E-state index contributed by atoms with van der Waals surface area (Å²) in [6, 6.07) is 13.1. The lowest BCUT2D eigenvalue weighted by Crippen LogP contribution is -2.26. The zero-order chi connectivity index (χ0) is 16.9. The summed E-state index contributed by atoms with van der Waals surface area (Å²) in [5, 5.41) is 0. The van der Waals surface area contributed by atoms with E-state index in [9.17, 15) is 4.79 Å². The van der Waals surface area contributed by atoms with E-state index in [4.69, 9.17) is 14.2 Å². The summed E-state index contributed by atoms with van der Waals surface area (Å²) in [6.45, 7) is 4.03. The van der Waals surface area contributed by atoms with E-state index >= 15 is 0 Å². The third-order valence-electron chi connectivity index (χ3n) is 3.79. The van der Waals surface area contributed by atoms with Crippen LogP contribution in [0.3, 0.4) is 0 Å². The second-order valence-electron chi connectivity index (χ2n) is 5.57. The average Bonchev–Trinajstić information content (AvgIpc) is 2.62. The van der Waals surface area contributed by atoms with Crippen molar-refractivity contribution in [1.82, 2.24) is 4.90 Å². The molecule has 1 amide bonds. The Morgan fingerprint density at radius 3 is 2.67 bits per heavy atom. The van der Waals surface area contributed by atoms with Gasteiger partial charge in [0.05, 0.1) is 12.2 Å². The highest BCUT2D eigenvalue weighted by Gasteiger charge is 2.18. The second-order valence-corrected chi connectivity index (χ2v) is 5.57. The lowest BCUT2D eigenvalue weighted by molar-refractivity contribution is 0.0780. The molecular formula is C19H21NO4. The highest BCUT2D eigenvalue weighted by molar-refractivity contribution is 5.96. The predicted molar refractivity (Wildman–Crippen MR) is 90.8 cm³/mol. The Bertz CT molecular complexity index is 729. The van der Waals surface area contributed by atoms with Crippen LogP contribution in [0.15, 0.2) is 42.5 Å². The van der Waals surface area contributed by atoms with E-state index in [1.54, 1.807) is 18.0 Å². The van der Waals surface area contributed by atoms with Crippen molar-refractivity contribution in [1.29, 1.82) is 0 Å². The summed E-state index contributed by atoms with van der Waals surface area (Å²) in [7, 11) is 1.78. The molecule has 0 radical (unpaired) electrons. The third kappa shape index (κ3) is 3.45. The van der Waals surface area contributed by atoms with Crippen molar-refractivity contribution in [2.45, 2.75) is 13.5 Å². The molecule has 2 aromatic carbocycles. The minimum Gasteiger partial charge on any atom is -0.493 e. The summed E-state index contributed by atoms with van der Waals surface area (Å²) < 4.78 is 16.7. The quantitative estimate of drug-likeness (QED) is 0.846. The van der Waals surface area contributed by atoms with Gasteiger partial charge in [-0.2, -0.15) is 0 Å². The van der Waals surface area contributed by atoms with Gasteiger partial charge in [-0.3, -0.25) is 4.79 Å². The number of hydrogen-bond acceptors (Lipinski definition) is 4. The van der Waals surface area contributed by atoms with Gasteiger partial charge in [-0.1, -0.05) is 18.2 Å². The molecular weight excluding hydrogens is 306 g/mol. The fourth-order valence-corrected chi connectivity index (χ4v) is 2.66. The molecule has 0 fully saturated rings. The Kier molecular flexibility index (Phi) is 4.89. The molecule has 0 N–H and O–H groups in total. The standard InChI is InChI=1S/C19H21NO4/c1-3-22-16-7-5-4-6-15(16)19(21)20(2)13-14-8-9-17-18(12-14)24-11-10-23-17/h4-9,12H,3,10-11,13H2,1-2H3. The molecule has 24 heavy (non-hydrogen) atoms. The summed E-state index contributed by atoms with van der Waals surface area (Å²) in [4.78, 5) is 14.4. The van der Waals surface area contributed by atoms with Gasteiger partial charge in [0.2, 0.25) is 0 Å². The molecule has 2 aromatic rings. The zero-order valence-electron chi connectivity index (χ0n) is 14.0. The van der Waals surface area contributed by atoms with Crippen molar-refractivity contribution in [3.8, 4) is 17.2 Å². The summed E-state index contributed by atoms with van der Waals surface area (Å²) in [5.41, 5.74) is 1.56. The molecule has 1 aliphatic rings. The molecule has 0 bridgehead atoms. The van der Waals surface area contributed by atoms with Gasteiger partial charge in [0.1, 0.15) is 19.0 Å². The molecule has 5 heteroatoms. The second kappa shape index (κ2) is 7.25. The monoisotopic (exact) mass is 327 g/mol. The normalized spacial score (nSPS) is 12.6. The first-order valence-electron chi connectivity index (χ1n) is 8.05. The van der Waals surface area contributed by atoms with Crippen LogP contribution >= 0.6 is 0 Å². The van der Waals surface area contributed by atoms with Crippen molar-refractivity contribution in [2.75, 3.05) is 26.9 Å². The lowest BCUT2D eigenvalue weighted by atomic mass is 10.1. The van der Waals surface area contributed by atoms with E-state index in [1.807, 2.05) is 43.3 Å². The number of carbonyl (C=O) groups excluding carboxylic acids is 1. The van der Waals surface area contributed by atoms with Gasteiger partial charge in [0, 0.05) is 13.6 Å². The number of rotatable bonds is 5. The predicted octanol–water partition coefficient (Wildman–Crippen LogP) is 3.13. The summed E-state index contributed by atoms with van der Waals surface area (Å²) in [6.07, 6.45) is 0. The molecule has 0 saturated carbocycles. The number of amides is 1. The first-order chi connectivity index (χ1) is 11.7. The Morgan fingerprint density at radius 1 is 1.12 bits per heavy atom. The van der Waals surface area contributed by atoms with Gasteiger partial charge in [0.15, 0.2) is 11.5 Å². The molecule has 0 aliphatic carbocycles. The topological polar surface area (TPSA) is 48.0 Å². The first kappa shape index (κ1) is 16.2. The minimum atomic E-state index is -0.0751. The van der Waals surface area contributed by atoms with E-state index in [2.05, 4.69) is 0 Å². The molecule has 0 aromatic heterocycles. The molecule has 126 valence electrons. The van der Waals surface area contributed by atoms with Gasteiger partial charge in [-0.25, -0.2) is 0 Å². The molecule has 3 rings (SSSR count). The van der Waals surface area contributed by atoms with Gasteiger partial charge in [-0.05, 0) is 36.8 Å². The Labute approximate surface area is 141 Å². The Balaban J connectivity index is 1.75. The molecule has 0 spiro atoms. The van der Waals surface area contributed by atoms with E-state index in [0.29, 0.717) is 37.7 Å². The molecule has 5 nitrogen and oxygen atoms in total. The van der Waals surface area contributed by atoms with Crippen LogP contribution in [0.25, 0.3) is 0 Å². The molecule has 0 unspecified atom stereocenters. The number of hydrogen-bond donors (Lipinski definition) is 0. The fourth-order valence-electron chi connectivity index (χ4n) is 2.66. The zero-order valence-corrected chi connectivity index (χ0v) is 14.0. The fraction of sp³-hybridized carbons (Fsp3) is 0.316. The molecule has 0 saturated heterocycles. The van der Waals surface area contributed by atoms with Crippen molar-refractivity contribution in [3.63, 3.8) is 0 Å². The van der Waals surface area contributed by atoms with E-state index < -0.39 is 0 Å². The van der Waals surface area contributed by atoms with Crippen LogP contribution in [0, 0.1) is 0 Å². The van der Waals surface area contributed by atoms with E-state index in [-0.39, 0.29) is 5.91 Å². The van der Waals surface area contributed by atoms with Gasteiger partial charge < -0.3 is 19.1 Å². The van der Waals surface area contributed by atoms with Gasteiger partial charge in [0.25, 0.3) is 5.91 Å². The van der Waals surface area contributed by atoms with E-state index in [1.165, 1.54) is 0 Å². The SMILES string of the molecule is CCOc1ccccc1C(=O)N(C)Cc1ccc2c(c1)OCCO2. The number of para-hydroxylation sites is 1. The van der Waals surface area contributed by atoms with Crippen molar-refractivity contribution in [2.24, 2.45) is 0 Å². The number of ether oxygens (including phenoxy) is 3. The average molecular weight is 327 g/mol. The maximum absolute atomic E-state index is 12.7. The number of nitrogens with zero attached hydrogens (tertiary/aromatic N) is 1. The largest absolute Gasteiger partial charge is 0.493 e. The van der Waals surface area contributed by atoms with Crippen LogP contribution in [-0.4, -0.2) is 37.7 Å². The van der Waals surface area contributed by atoms with Crippen LogP contribution in [0.5, 0.6) is 17.2 Å². The summed E-state index contributed by atoms with van der Waals surface area (Å²) in [5.74, 6) is 2.02. The van der Waals surface area contributed by atoms with E-state index in [0.717, 1.165) is 17.1 Å². The Morgan fingerprint density at radius 2 is 1.88 bits per heavy atom. The summed E-state index contributed by atoms with van der Waals surface area (Å²) >= 11 is 0. The molecule has 1 heterocycles. The highest BCUT2D eigenvalue weighted by Crippen LogP contribution is 2.31. The van der Waals surface area contributed by atoms with Gasteiger partial charge >= 0.3 is 0 Å². The number of fused-ring (bicyclic) bond motifs is 1. The van der Waals surface area contributed by atoms with Crippen LogP contribution in [0.2, 0.25) is 0 Å². The lowest BCUT2D eigenvalue weighted by Gasteiger charge is -2.22. The van der Waals surface area contributed by atoms with Gasteiger partial charge in [-0.15, -0.1) is 0 Å². The smallest absolute Gasteiger partial charge is 0.257 e. The van der Waals surface area contributed by atoms with Crippen LogP contribution in [-0.2, 0) is 6.54 Å². The van der Waals surface area contributed by atoms with Crippen LogP contribution in [0.1, 0.15) is 22.8 Å². The third-order valence-corrected chi connectivity index (χ3v) is 3.79. The molecule has 1 aliphatic heterocycles. The Hall–Kier alpha value is -2.69. The number of carbonyl (C=O) groups is 1. The van der Waals surface area contributed by atoms with Crippen LogP contribution in [0.4, 0.5) is 0 Å².